The van der Waals surface area contributed by atoms with Crippen molar-refractivity contribution in [3.63, 3.8) is 0 Å². The maximum atomic E-state index is 12.0. The van der Waals surface area contributed by atoms with Gasteiger partial charge in [0.2, 0.25) is 0 Å². The number of carbonyl (C=O) groups excluding carboxylic acids is 1. The maximum absolute atomic E-state index is 12.0. The first-order valence-corrected chi connectivity index (χ1v) is 7.01. The van der Waals surface area contributed by atoms with Gasteiger partial charge in [0.15, 0.2) is 0 Å². The van der Waals surface area contributed by atoms with E-state index in [2.05, 4.69) is 10.6 Å². The molecule has 5 nitrogen and oxygen atoms in total. The number of halogens is 1. The lowest BCUT2D eigenvalue weighted by atomic mass is 10.2. The van der Waals surface area contributed by atoms with Gasteiger partial charge in [-0.05, 0) is 31.5 Å². The average Bonchev–Trinajstić information content (AvgIpc) is 2.81. The summed E-state index contributed by atoms with van der Waals surface area (Å²) in [5.41, 5.74) is 1.63. The predicted molar refractivity (Wildman–Crippen MR) is 78.4 cm³/mol. The molecule has 20 heavy (non-hydrogen) atoms. The molecule has 1 aliphatic rings. The normalized spacial score (nSPS) is 21.8. The summed E-state index contributed by atoms with van der Waals surface area (Å²) in [6.45, 7) is 5.42. The minimum absolute atomic E-state index is 0.0979. The Morgan fingerprint density at radius 1 is 1.50 bits per heavy atom. The Kier molecular flexibility index (Phi) is 5.23. The lowest BCUT2D eigenvalue weighted by Gasteiger charge is -2.19. The second-order valence-corrected chi connectivity index (χ2v) is 5.13. The third kappa shape index (κ3) is 3.85. The Hall–Kier alpha value is -1.30. The van der Waals surface area contributed by atoms with Crippen LogP contribution in [0.2, 0.25) is 5.02 Å². The molecule has 110 valence electrons. The quantitative estimate of drug-likeness (QED) is 0.898. The summed E-state index contributed by atoms with van der Waals surface area (Å²) in [5, 5.41) is 6.10. The molecule has 2 amide bonds. The van der Waals surface area contributed by atoms with Crippen molar-refractivity contribution < 1.29 is 14.3 Å². The summed E-state index contributed by atoms with van der Waals surface area (Å²) in [6, 6.07) is 5.03. The second kappa shape index (κ2) is 6.92. The van der Waals surface area contributed by atoms with E-state index in [-0.39, 0.29) is 18.2 Å². The molecule has 0 saturated carbocycles. The predicted octanol–water partition coefficient (Wildman–Crippen LogP) is 2.57. The number of hydrogen-bond donors (Lipinski definition) is 2. The van der Waals surface area contributed by atoms with Gasteiger partial charge >= 0.3 is 6.03 Å². The number of rotatable bonds is 4. The number of anilines is 1. The first-order valence-electron chi connectivity index (χ1n) is 6.63. The molecule has 0 aliphatic carbocycles. The molecule has 0 bridgehead atoms. The van der Waals surface area contributed by atoms with Gasteiger partial charge in [0.05, 0.1) is 30.0 Å². The lowest BCUT2D eigenvalue weighted by Crippen LogP contribution is -2.45. The molecule has 2 atom stereocenters. The molecular weight excluding hydrogens is 280 g/mol. The summed E-state index contributed by atoms with van der Waals surface area (Å²) < 4.78 is 10.8. The summed E-state index contributed by atoms with van der Waals surface area (Å²) in [5.74, 6) is 0. The van der Waals surface area contributed by atoms with Crippen LogP contribution in [0.3, 0.4) is 0 Å². The van der Waals surface area contributed by atoms with Gasteiger partial charge in [0.25, 0.3) is 0 Å². The zero-order chi connectivity index (χ0) is 14.5. The van der Waals surface area contributed by atoms with Gasteiger partial charge in [-0.1, -0.05) is 17.7 Å². The van der Waals surface area contributed by atoms with Crippen molar-refractivity contribution in [2.75, 3.05) is 25.1 Å². The number of ether oxygens (including phenoxy) is 2. The summed E-state index contributed by atoms with van der Waals surface area (Å²) in [6.07, 6.45) is -0.0979. The van der Waals surface area contributed by atoms with E-state index in [4.69, 9.17) is 21.1 Å². The van der Waals surface area contributed by atoms with Gasteiger partial charge in [-0.3, -0.25) is 0 Å². The zero-order valence-corrected chi connectivity index (χ0v) is 12.4. The van der Waals surface area contributed by atoms with Crippen molar-refractivity contribution in [1.29, 1.82) is 0 Å². The first kappa shape index (κ1) is 15.1. The van der Waals surface area contributed by atoms with Gasteiger partial charge < -0.3 is 20.1 Å². The highest BCUT2D eigenvalue weighted by Crippen LogP contribution is 2.22. The Bertz CT molecular complexity index is 481. The number of benzene rings is 1. The molecule has 2 rings (SSSR count). The lowest BCUT2D eigenvalue weighted by molar-refractivity contribution is 0.0428. The Balaban J connectivity index is 1.92. The minimum atomic E-state index is -0.309. The van der Waals surface area contributed by atoms with Crippen LogP contribution in [0, 0.1) is 6.92 Å². The van der Waals surface area contributed by atoms with Crippen LogP contribution < -0.4 is 10.6 Å². The number of hydrogen-bond acceptors (Lipinski definition) is 3. The van der Waals surface area contributed by atoms with Crippen molar-refractivity contribution >= 4 is 23.3 Å². The highest BCUT2D eigenvalue weighted by atomic mass is 35.5. The Morgan fingerprint density at radius 2 is 2.30 bits per heavy atom. The maximum Gasteiger partial charge on any atom is 0.319 e. The monoisotopic (exact) mass is 298 g/mol. The molecule has 0 unspecified atom stereocenters. The van der Waals surface area contributed by atoms with Crippen molar-refractivity contribution in [2.24, 2.45) is 0 Å². The summed E-state index contributed by atoms with van der Waals surface area (Å²) in [4.78, 5) is 12.0. The van der Waals surface area contributed by atoms with E-state index in [1.165, 1.54) is 0 Å². The third-order valence-electron chi connectivity index (χ3n) is 3.10. The van der Waals surface area contributed by atoms with Crippen LogP contribution in [-0.4, -0.2) is 38.0 Å². The van der Waals surface area contributed by atoms with Crippen LogP contribution >= 0.6 is 11.6 Å². The molecule has 0 aromatic heterocycles. The molecule has 1 saturated heterocycles. The van der Waals surface area contributed by atoms with Crippen LogP contribution in [-0.2, 0) is 9.47 Å². The van der Waals surface area contributed by atoms with Gasteiger partial charge in [0, 0.05) is 6.61 Å². The van der Waals surface area contributed by atoms with Crippen LogP contribution in [0.25, 0.3) is 0 Å². The average molecular weight is 299 g/mol. The van der Waals surface area contributed by atoms with Crippen molar-refractivity contribution in [3.8, 4) is 0 Å². The smallest absolute Gasteiger partial charge is 0.319 e. The number of aryl methyl sites for hydroxylation is 1. The van der Waals surface area contributed by atoms with Crippen molar-refractivity contribution in [1.82, 2.24) is 5.32 Å². The second-order valence-electron chi connectivity index (χ2n) is 4.72. The van der Waals surface area contributed by atoms with Crippen LogP contribution in [0.4, 0.5) is 10.5 Å². The summed E-state index contributed by atoms with van der Waals surface area (Å²) >= 11 is 6.08. The van der Waals surface area contributed by atoms with Crippen LogP contribution in [0.15, 0.2) is 18.2 Å². The summed E-state index contributed by atoms with van der Waals surface area (Å²) in [7, 11) is 0. The van der Waals surface area contributed by atoms with E-state index in [1.54, 1.807) is 12.1 Å². The number of carbonyl (C=O) groups is 1. The Labute approximate surface area is 123 Å². The molecule has 1 heterocycles. The number of urea groups is 1. The standard InChI is InChI=1S/C14H19ClN2O3/c1-3-20-13-8-19-7-12(13)17-14(18)16-11-5-4-9(2)6-10(11)15/h4-6,12-13H,3,7-8H2,1-2H3,(H2,16,17,18)/t12-,13-/m1/s1. The van der Waals surface area contributed by atoms with Gasteiger partial charge in [-0.2, -0.15) is 0 Å². The van der Waals surface area contributed by atoms with E-state index in [1.807, 2.05) is 19.9 Å². The molecule has 2 N–H and O–H groups in total. The molecular formula is C14H19ClN2O3. The SMILES string of the molecule is CCO[C@@H]1COC[C@H]1NC(=O)Nc1ccc(C)cc1Cl. The first-order chi connectivity index (χ1) is 9.60. The zero-order valence-electron chi connectivity index (χ0n) is 11.6. The number of amides is 2. The molecule has 0 radical (unpaired) electrons. The molecule has 0 spiro atoms. The van der Waals surface area contributed by atoms with Crippen molar-refractivity contribution in [2.45, 2.75) is 26.0 Å². The van der Waals surface area contributed by atoms with E-state index in [0.717, 1.165) is 5.56 Å². The molecule has 6 heteroatoms. The van der Waals surface area contributed by atoms with E-state index >= 15 is 0 Å². The molecule has 1 fully saturated rings. The van der Waals surface area contributed by atoms with E-state index < -0.39 is 0 Å². The third-order valence-corrected chi connectivity index (χ3v) is 3.41. The van der Waals surface area contributed by atoms with E-state index in [0.29, 0.717) is 30.5 Å². The minimum Gasteiger partial charge on any atom is -0.376 e. The van der Waals surface area contributed by atoms with Crippen molar-refractivity contribution in [3.05, 3.63) is 28.8 Å². The fourth-order valence-corrected chi connectivity index (χ4v) is 2.38. The highest BCUT2D eigenvalue weighted by molar-refractivity contribution is 6.33. The molecule has 1 aromatic carbocycles. The van der Waals surface area contributed by atoms with Gasteiger partial charge in [-0.25, -0.2) is 4.79 Å². The topological polar surface area (TPSA) is 59.6 Å². The Morgan fingerprint density at radius 3 is 3.00 bits per heavy atom. The van der Waals surface area contributed by atoms with E-state index in [9.17, 15) is 4.79 Å². The van der Waals surface area contributed by atoms with Gasteiger partial charge in [0.1, 0.15) is 6.10 Å². The van der Waals surface area contributed by atoms with Crippen LogP contribution in [0.5, 0.6) is 0 Å². The molecule has 1 aliphatic heterocycles. The fraction of sp³-hybridized carbons (Fsp3) is 0.500. The highest BCUT2D eigenvalue weighted by Gasteiger charge is 2.30. The fourth-order valence-electron chi connectivity index (χ4n) is 2.10. The largest absolute Gasteiger partial charge is 0.376 e. The van der Waals surface area contributed by atoms with Crippen LogP contribution in [0.1, 0.15) is 12.5 Å². The molecule has 1 aromatic rings. The number of nitrogens with one attached hydrogen (secondary N) is 2. The van der Waals surface area contributed by atoms with Gasteiger partial charge in [-0.15, -0.1) is 0 Å².